The van der Waals surface area contributed by atoms with Crippen LogP contribution in [0.15, 0.2) is 70.9 Å². The number of rotatable bonds is 10. The van der Waals surface area contributed by atoms with E-state index in [-0.39, 0.29) is 11.5 Å². The number of hydrogen-bond donors (Lipinski definition) is 3. The molecule has 168 valence electrons. The van der Waals surface area contributed by atoms with E-state index in [0.717, 1.165) is 0 Å². The first kappa shape index (κ1) is 23.4. The van der Waals surface area contributed by atoms with Gasteiger partial charge in [0.05, 0.1) is 23.6 Å². The quantitative estimate of drug-likeness (QED) is 0.301. The fraction of sp³-hybridized carbons (Fsp3) is 0.190. The number of nitrogens with one attached hydrogen (secondary N) is 2. The van der Waals surface area contributed by atoms with Gasteiger partial charge in [-0.2, -0.15) is 4.72 Å². The van der Waals surface area contributed by atoms with Crippen LogP contribution >= 0.6 is 11.3 Å². The van der Waals surface area contributed by atoms with Crippen molar-refractivity contribution in [3.8, 4) is 0 Å². The van der Waals surface area contributed by atoms with Crippen molar-refractivity contribution in [3.63, 3.8) is 0 Å². The Labute approximate surface area is 189 Å². The maximum Gasteiger partial charge on any atom is 0.309 e. The molecule has 9 nitrogen and oxygen atoms in total. The van der Waals surface area contributed by atoms with Crippen molar-refractivity contribution in [2.45, 2.75) is 23.9 Å². The van der Waals surface area contributed by atoms with E-state index in [2.05, 4.69) is 15.0 Å². The zero-order valence-electron chi connectivity index (χ0n) is 16.9. The number of esters is 1. The zero-order chi connectivity index (χ0) is 23.0. The molecule has 0 unspecified atom stereocenters. The molecule has 0 saturated carbocycles. The maximum absolute atomic E-state index is 12.7. The minimum absolute atomic E-state index is 0.00782. The largest absolute Gasteiger partial charge is 0.465 e. The Morgan fingerprint density at radius 1 is 1.06 bits per heavy atom. The molecule has 0 aliphatic carbocycles. The Morgan fingerprint density at radius 3 is 2.34 bits per heavy atom. The molecule has 32 heavy (non-hydrogen) atoms. The second-order valence-electron chi connectivity index (χ2n) is 6.68. The number of hydrogen-bond acceptors (Lipinski definition) is 8. The number of thiazole rings is 1. The van der Waals surface area contributed by atoms with Crippen LogP contribution in [0.4, 0.5) is 5.13 Å². The van der Waals surface area contributed by atoms with Crippen molar-refractivity contribution in [1.29, 1.82) is 0 Å². The number of ether oxygens (including phenoxy) is 1. The van der Waals surface area contributed by atoms with E-state index >= 15 is 0 Å². The number of nitrogens with two attached hydrogens (primary N) is 1. The second kappa shape index (κ2) is 10.8. The first-order valence-corrected chi connectivity index (χ1v) is 12.0. The van der Waals surface area contributed by atoms with Gasteiger partial charge in [-0.25, -0.2) is 13.4 Å². The van der Waals surface area contributed by atoms with Crippen molar-refractivity contribution in [2.24, 2.45) is 0 Å². The molecule has 1 amide bonds. The molecule has 1 heterocycles. The molecule has 4 N–H and O–H groups in total. The van der Waals surface area contributed by atoms with E-state index in [4.69, 9.17) is 10.5 Å². The first-order valence-electron chi connectivity index (χ1n) is 9.62. The van der Waals surface area contributed by atoms with Crippen molar-refractivity contribution in [3.05, 3.63) is 77.3 Å². The highest BCUT2D eigenvalue weighted by Crippen LogP contribution is 2.12. The van der Waals surface area contributed by atoms with Crippen molar-refractivity contribution in [2.75, 3.05) is 12.3 Å². The minimum atomic E-state index is -3.99. The molecule has 1 atom stereocenters. The molecular formula is C21H22N4O5S2. The summed E-state index contributed by atoms with van der Waals surface area (Å²) >= 11 is 1.28. The maximum atomic E-state index is 12.7. The Bertz CT molecular complexity index is 1150. The molecule has 2 aromatic carbocycles. The summed E-state index contributed by atoms with van der Waals surface area (Å²) in [5, 5.41) is 4.73. The molecule has 0 radical (unpaired) electrons. The van der Waals surface area contributed by atoms with E-state index < -0.39 is 34.5 Å². The summed E-state index contributed by atoms with van der Waals surface area (Å²) in [6.45, 7) is 0.0484. The van der Waals surface area contributed by atoms with Gasteiger partial charge in [0.25, 0.3) is 5.91 Å². The predicted octanol–water partition coefficient (Wildman–Crippen LogP) is 1.94. The average molecular weight is 475 g/mol. The lowest BCUT2D eigenvalue weighted by Crippen LogP contribution is -2.49. The average Bonchev–Trinajstić information content (AvgIpc) is 3.19. The Kier molecular flexibility index (Phi) is 7.92. The SMILES string of the molecule is Nc1nc(CCOC(=O)C[C@@H](NC(=O)c2ccccc2)NS(=O)(=O)c2ccccc2)cs1. The number of amides is 1. The molecule has 0 aliphatic heterocycles. The van der Waals surface area contributed by atoms with Gasteiger partial charge in [0.15, 0.2) is 5.13 Å². The van der Waals surface area contributed by atoms with Crippen LogP contribution < -0.4 is 15.8 Å². The molecule has 0 saturated heterocycles. The number of nitrogen functional groups attached to an aromatic ring is 1. The van der Waals surface area contributed by atoms with Gasteiger partial charge >= 0.3 is 5.97 Å². The van der Waals surface area contributed by atoms with Gasteiger partial charge in [-0.15, -0.1) is 11.3 Å². The normalized spacial score (nSPS) is 12.1. The standard InChI is InChI=1S/C21H22N4O5S2/c22-21-23-16(14-31-21)11-12-30-19(26)13-18(24-20(27)15-7-3-1-4-8-15)25-32(28,29)17-9-5-2-6-10-17/h1-10,14,18,25H,11-13H2,(H2,22,23)(H,24,27)/t18-/m0/s1. The molecule has 0 spiro atoms. The molecular weight excluding hydrogens is 452 g/mol. The van der Waals surface area contributed by atoms with Crippen LogP contribution in [0.2, 0.25) is 0 Å². The number of sulfonamides is 1. The van der Waals surface area contributed by atoms with E-state index in [1.807, 2.05) is 0 Å². The Balaban J connectivity index is 1.66. The zero-order valence-corrected chi connectivity index (χ0v) is 18.6. The highest BCUT2D eigenvalue weighted by atomic mass is 32.2. The van der Waals surface area contributed by atoms with Gasteiger partial charge in [0, 0.05) is 17.4 Å². The van der Waals surface area contributed by atoms with Crippen LogP contribution in [0.5, 0.6) is 0 Å². The number of carbonyl (C=O) groups is 2. The smallest absolute Gasteiger partial charge is 0.309 e. The summed E-state index contributed by atoms with van der Waals surface area (Å²) in [4.78, 5) is 29.0. The van der Waals surface area contributed by atoms with Gasteiger partial charge < -0.3 is 15.8 Å². The van der Waals surface area contributed by atoms with Gasteiger partial charge in [-0.1, -0.05) is 36.4 Å². The van der Waals surface area contributed by atoms with E-state index in [9.17, 15) is 18.0 Å². The van der Waals surface area contributed by atoms with Gasteiger partial charge in [0.2, 0.25) is 10.0 Å². The highest BCUT2D eigenvalue weighted by Gasteiger charge is 2.25. The van der Waals surface area contributed by atoms with Gasteiger partial charge in [-0.05, 0) is 24.3 Å². The first-order chi connectivity index (χ1) is 15.3. The fourth-order valence-electron chi connectivity index (χ4n) is 2.74. The summed E-state index contributed by atoms with van der Waals surface area (Å²) in [5.74, 6) is -1.21. The number of nitrogens with zero attached hydrogens (tertiary/aromatic N) is 1. The Morgan fingerprint density at radius 2 is 1.72 bits per heavy atom. The summed E-state index contributed by atoms with van der Waals surface area (Å²) in [6.07, 6.45) is -1.24. The summed E-state index contributed by atoms with van der Waals surface area (Å²) in [7, 11) is -3.99. The number of aromatic nitrogens is 1. The van der Waals surface area contributed by atoms with Crippen molar-refractivity contribution in [1.82, 2.24) is 15.0 Å². The molecule has 3 aromatic rings. The number of benzene rings is 2. The topological polar surface area (TPSA) is 140 Å². The summed E-state index contributed by atoms with van der Waals surface area (Å²) in [5.41, 5.74) is 6.59. The second-order valence-corrected chi connectivity index (χ2v) is 9.28. The van der Waals surface area contributed by atoms with Crippen molar-refractivity contribution >= 4 is 38.4 Å². The number of anilines is 1. The third kappa shape index (κ3) is 6.87. The van der Waals surface area contributed by atoms with E-state index in [1.54, 1.807) is 53.9 Å². The Hall–Kier alpha value is -3.28. The molecule has 0 bridgehead atoms. The van der Waals surface area contributed by atoms with Crippen molar-refractivity contribution < 1.29 is 22.7 Å². The van der Waals surface area contributed by atoms with Crippen LogP contribution in [-0.4, -0.2) is 38.1 Å². The lowest BCUT2D eigenvalue weighted by atomic mass is 10.2. The fourth-order valence-corrected chi connectivity index (χ4v) is 4.51. The lowest BCUT2D eigenvalue weighted by Gasteiger charge is -2.20. The predicted molar refractivity (Wildman–Crippen MR) is 120 cm³/mol. The van der Waals surface area contributed by atoms with Crippen LogP contribution in [0.1, 0.15) is 22.5 Å². The molecule has 1 aromatic heterocycles. The molecule has 11 heteroatoms. The molecule has 0 fully saturated rings. The molecule has 3 rings (SSSR count). The van der Waals surface area contributed by atoms with Gasteiger partial charge in [-0.3, -0.25) is 9.59 Å². The summed E-state index contributed by atoms with van der Waals surface area (Å²) in [6, 6.07) is 15.9. The van der Waals surface area contributed by atoms with Gasteiger partial charge in [0.1, 0.15) is 6.17 Å². The van der Waals surface area contributed by atoms with Crippen LogP contribution in [0.25, 0.3) is 0 Å². The monoisotopic (exact) mass is 474 g/mol. The highest BCUT2D eigenvalue weighted by molar-refractivity contribution is 7.89. The lowest BCUT2D eigenvalue weighted by molar-refractivity contribution is -0.144. The van der Waals surface area contributed by atoms with E-state index in [1.165, 1.54) is 23.5 Å². The number of carbonyl (C=O) groups excluding carboxylic acids is 2. The third-order valence-electron chi connectivity index (χ3n) is 4.25. The minimum Gasteiger partial charge on any atom is -0.465 e. The van der Waals surface area contributed by atoms with E-state index in [0.29, 0.717) is 22.8 Å². The van der Waals surface area contributed by atoms with Crippen LogP contribution in [0.3, 0.4) is 0 Å². The van der Waals surface area contributed by atoms with Crippen LogP contribution in [0, 0.1) is 0 Å². The third-order valence-corrected chi connectivity index (χ3v) is 6.46. The molecule has 0 aliphatic rings. The summed E-state index contributed by atoms with van der Waals surface area (Å²) < 4.78 is 33.0. The van der Waals surface area contributed by atoms with Crippen LogP contribution in [-0.2, 0) is 26.0 Å².